The van der Waals surface area contributed by atoms with Crippen molar-refractivity contribution in [1.29, 1.82) is 0 Å². The summed E-state index contributed by atoms with van der Waals surface area (Å²) in [5.74, 6) is -2.26. The van der Waals surface area contributed by atoms with Gasteiger partial charge in [-0.05, 0) is 23.8 Å². The first-order valence-corrected chi connectivity index (χ1v) is 8.55. The summed E-state index contributed by atoms with van der Waals surface area (Å²) < 4.78 is 5.17. The minimum Gasteiger partial charge on any atom is -0.504 e. The van der Waals surface area contributed by atoms with Gasteiger partial charge in [0.2, 0.25) is 0 Å². The molecule has 0 saturated heterocycles. The van der Waals surface area contributed by atoms with E-state index in [9.17, 15) is 19.5 Å². The highest BCUT2D eigenvalue weighted by Crippen LogP contribution is 2.38. The number of hydrogen-bond donors (Lipinski definition) is 1. The Morgan fingerprint density at radius 1 is 0.786 bits per heavy atom. The van der Waals surface area contributed by atoms with Crippen molar-refractivity contribution in [2.45, 2.75) is 0 Å². The highest BCUT2D eigenvalue weighted by molar-refractivity contribution is 6.29. The Labute approximate surface area is 160 Å². The van der Waals surface area contributed by atoms with Crippen LogP contribution in [0.15, 0.2) is 72.8 Å². The van der Waals surface area contributed by atoms with Gasteiger partial charge in [0.1, 0.15) is 0 Å². The largest absolute Gasteiger partial charge is 0.504 e. The predicted octanol–water partition coefficient (Wildman–Crippen LogP) is 3.79. The summed E-state index contributed by atoms with van der Waals surface area (Å²) in [6.07, 6.45) is 2.79. The highest BCUT2D eigenvalue weighted by Gasteiger charge is 2.33. The van der Waals surface area contributed by atoms with Crippen LogP contribution in [-0.2, 0) is 4.79 Å². The molecule has 0 amide bonds. The Hall–Kier alpha value is -3.99. The third kappa shape index (κ3) is 2.99. The number of aromatic hydroxyl groups is 1. The maximum Gasteiger partial charge on any atom is 0.336 e. The van der Waals surface area contributed by atoms with Crippen LogP contribution in [0, 0.1) is 0 Å². The number of rotatable bonds is 3. The smallest absolute Gasteiger partial charge is 0.336 e. The molecule has 1 aliphatic carbocycles. The minimum atomic E-state index is -0.714. The van der Waals surface area contributed by atoms with Gasteiger partial charge in [-0.25, -0.2) is 4.79 Å². The van der Waals surface area contributed by atoms with E-state index >= 15 is 0 Å². The normalized spacial score (nSPS) is 12.6. The van der Waals surface area contributed by atoms with E-state index < -0.39 is 17.5 Å². The molecule has 5 nitrogen and oxygen atoms in total. The SMILES string of the molecule is O=C(/C=C/c1ccccc1)Oc1ccc2c(c1O)C(=O)c1ccccc1C2=O. The maximum absolute atomic E-state index is 12.8. The summed E-state index contributed by atoms with van der Waals surface area (Å²) in [5, 5.41) is 10.5. The van der Waals surface area contributed by atoms with Crippen LogP contribution >= 0.6 is 0 Å². The van der Waals surface area contributed by atoms with Crippen LogP contribution in [-0.4, -0.2) is 22.6 Å². The van der Waals surface area contributed by atoms with Gasteiger partial charge in [0.15, 0.2) is 23.1 Å². The number of carbonyl (C=O) groups is 3. The molecule has 5 heteroatoms. The van der Waals surface area contributed by atoms with E-state index in [2.05, 4.69) is 0 Å². The number of esters is 1. The van der Waals surface area contributed by atoms with Gasteiger partial charge in [-0.3, -0.25) is 9.59 Å². The van der Waals surface area contributed by atoms with Crippen LogP contribution in [0.1, 0.15) is 37.4 Å². The van der Waals surface area contributed by atoms with Crippen molar-refractivity contribution in [3.63, 3.8) is 0 Å². The van der Waals surface area contributed by atoms with Crippen LogP contribution in [0.2, 0.25) is 0 Å². The summed E-state index contributed by atoms with van der Waals surface area (Å²) in [5.41, 5.74) is 1.24. The summed E-state index contributed by atoms with van der Waals surface area (Å²) >= 11 is 0. The number of ether oxygens (including phenoxy) is 1. The van der Waals surface area contributed by atoms with Crippen molar-refractivity contribution in [2.75, 3.05) is 0 Å². The standard InChI is InChI=1S/C23H14O5/c24-19(13-10-14-6-2-1-3-7-14)28-18-12-11-17-20(23(18)27)22(26)16-9-5-4-8-15(16)21(17)25/h1-13,27H/b13-10+. The van der Waals surface area contributed by atoms with E-state index in [1.165, 1.54) is 24.3 Å². The molecule has 3 aromatic rings. The molecule has 0 radical (unpaired) electrons. The van der Waals surface area contributed by atoms with Crippen molar-refractivity contribution in [1.82, 2.24) is 0 Å². The monoisotopic (exact) mass is 370 g/mol. The van der Waals surface area contributed by atoms with Gasteiger partial charge < -0.3 is 9.84 Å². The lowest BCUT2D eigenvalue weighted by atomic mass is 9.83. The predicted molar refractivity (Wildman–Crippen MR) is 103 cm³/mol. The van der Waals surface area contributed by atoms with E-state index in [1.807, 2.05) is 30.3 Å². The fourth-order valence-electron chi connectivity index (χ4n) is 3.10. The highest BCUT2D eigenvalue weighted by atomic mass is 16.5. The molecule has 0 saturated carbocycles. The first kappa shape index (κ1) is 17.4. The fourth-order valence-corrected chi connectivity index (χ4v) is 3.10. The van der Waals surface area contributed by atoms with Crippen molar-refractivity contribution in [3.05, 3.63) is 101 Å². The average molecular weight is 370 g/mol. The molecule has 0 heterocycles. The molecule has 1 aliphatic rings. The molecular weight excluding hydrogens is 356 g/mol. The lowest BCUT2D eigenvalue weighted by Crippen LogP contribution is -2.21. The lowest BCUT2D eigenvalue weighted by Gasteiger charge is -2.19. The quantitative estimate of drug-likeness (QED) is 0.337. The van der Waals surface area contributed by atoms with Gasteiger partial charge in [0.25, 0.3) is 0 Å². The summed E-state index contributed by atoms with van der Waals surface area (Å²) in [6, 6.07) is 18.3. The molecule has 3 aromatic carbocycles. The molecule has 0 spiro atoms. The molecule has 0 aromatic heterocycles. The molecule has 0 bridgehead atoms. The van der Waals surface area contributed by atoms with E-state index in [4.69, 9.17) is 4.74 Å². The molecule has 1 N–H and O–H groups in total. The number of hydrogen-bond acceptors (Lipinski definition) is 5. The number of benzene rings is 3. The van der Waals surface area contributed by atoms with E-state index in [1.54, 1.807) is 24.3 Å². The first-order valence-electron chi connectivity index (χ1n) is 8.55. The number of ketones is 2. The van der Waals surface area contributed by atoms with E-state index in [0.29, 0.717) is 0 Å². The number of carbonyl (C=O) groups excluding carboxylic acids is 3. The second-order valence-corrected chi connectivity index (χ2v) is 6.20. The van der Waals surface area contributed by atoms with Gasteiger partial charge >= 0.3 is 5.97 Å². The second-order valence-electron chi connectivity index (χ2n) is 6.20. The summed E-state index contributed by atoms with van der Waals surface area (Å²) in [7, 11) is 0. The molecule has 0 atom stereocenters. The summed E-state index contributed by atoms with van der Waals surface area (Å²) in [6.45, 7) is 0. The topological polar surface area (TPSA) is 80.7 Å². The Morgan fingerprint density at radius 3 is 2.14 bits per heavy atom. The third-order valence-electron chi connectivity index (χ3n) is 4.45. The van der Waals surface area contributed by atoms with Gasteiger partial charge in [0, 0.05) is 22.8 Å². The molecule has 0 fully saturated rings. The molecule has 28 heavy (non-hydrogen) atoms. The van der Waals surface area contributed by atoms with Crippen molar-refractivity contribution < 1.29 is 24.2 Å². The molecule has 0 aliphatic heterocycles. The summed E-state index contributed by atoms with van der Waals surface area (Å²) in [4.78, 5) is 37.5. The van der Waals surface area contributed by atoms with Crippen molar-refractivity contribution in [2.24, 2.45) is 0 Å². The minimum absolute atomic E-state index is 0.0841. The zero-order chi connectivity index (χ0) is 19.7. The van der Waals surface area contributed by atoms with Crippen LogP contribution in [0.25, 0.3) is 6.08 Å². The zero-order valence-electron chi connectivity index (χ0n) is 14.6. The average Bonchev–Trinajstić information content (AvgIpc) is 2.72. The Bertz CT molecular complexity index is 1140. The Balaban J connectivity index is 1.64. The van der Waals surface area contributed by atoms with Gasteiger partial charge in [-0.1, -0.05) is 54.6 Å². The maximum atomic E-state index is 12.8. The van der Waals surface area contributed by atoms with Crippen LogP contribution in [0.4, 0.5) is 0 Å². The lowest BCUT2D eigenvalue weighted by molar-refractivity contribution is -0.129. The van der Waals surface area contributed by atoms with E-state index in [-0.39, 0.29) is 33.8 Å². The Kier molecular flexibility index (Phi) is 4.33. The van der Waals surface area contributed by atoms with Crippen molar-refractivity contribution >= 4 is 23.6 Å². The number of fused-ring (bicyclic) bond motifs is 2. The molecule has 0 unspecified atom stereocenters. The fraction of sp³-hybridized carbons (Fsp3) is 0. The van der Waals surface area contributed by atoms with Gasteiger partial charge in [0.05, 0.1) is 5.56 Å². The number of phenols is 1. The third-order valence-corrected chi connectivity index (χ3v) is 4.45. The van der Waals surface area contributed by atoms with Crippen LogP contribution < -0.4 is 4.74 Å². The zero-order valence-corrected chi connectivity index (χ0v) is 14.6. The van der Waals surface area contributed by atoms with Crippen molar-refractivity contribution in [3.8, 4) is 11.5 Å². The number of phenolic OH excluding ortho intramolecular Hbond substituents is 1. The van der Waals surface area contributed by atoms with E-state index in [0.717, 1.165) is 5.56 Å². The van der Waals surface area contributed by atoms with Crippen LogP contribution in [0.3, 0.4) is 0 Å². The second kappa shape index (κ2) is 6.96. The Morgan fingerprint density at radius 2 is 1.43 bits per heavy atom. The van der Waals surface area contributed by atoms with Gasteiger partial charge in [-0.2, -0.15) is 0 Å². The molecule has 136 valence electrons. The first-order chi connectivity index (χ1) is 13.6. The molecular formula is C23H14O5. The van der Waals surface area contributed by atoms with Crippen LogP contribution in [0.5, 0.6) is 11.5 Å². The van der Waals surface area contributed by atoms with Gasteiger partial charge in [-0.15, -0.1) is 0 Å². The molecule has 4 rings (SSSR count).